The highest BCUT2D eigenvalue weighted by Crippen LogP contribution is 2.14. The van der Waals surface area contributed by atoms with Gasteiger partial charge >= 0.3 is 0 Å². The highest BCUT2D eigenvalue weighted by molar-refractivity contribution is 5.79. The van der Waals surface area contributed by atoms with E-state index in [4.69, 9.17) is 4.74 Å². The number of guanidine groups is 1. The fraction of sp³-hybridized carbons (Fsp3) is 0.833. The summed E-state index contributed by atoms with van der Waals surface area (Å²) in [5.74, 6) is 3.42. The van der Waals surface area contributed by atoms with Crippen LogP contribution < -0.4 is 10.6 Å². The summed E-state index contributed by atoms with van der Waals surface area (Å²) in [5.41, 5.74) is 0. The summed E-state index contributed by atoms with van der Waals surface area (Å²) in [6, 6.07) is 0.325. The first-order valence-corrected chi connectivity index (χ1v) is 9.58. The van der Waals surface area contributed by atoms with E-state index in [1.165, 1.54) is 25.7 Å². The number of aryl methyl sites for hydroxylation is 1. The summed E-state index contributed by atoms with van der Waals surface area (Å²) in [7, 11) is 3.51. The lowest BCUT2D eigenvalue weighted by molar-refractivity contribution is 0.177. The lowest BCUT2D eigenvalue weighted by Gasteiger charge is -2.26. The molecule has 0 aromatic carbocycles. The van der Waals surface area contributed by atoms with E-state index >= 15 is 0 Å². The van der Waals surface area contributed by atoms with Crippen LogP contribution in [0, 0.1) is 5.92 Å². The topological polar surface area (TPSA) is 76.4 Å². The summed E-state index contributed by atoms with van der Waals surface area (Å²) in [5, 5.41) is 11.6. The van der Waals surface area contributed by atoms with Crippen molar-refractivity contribution in [1.82, 2.24) is 25.4 Å². The predicted octanol–water partition coefficient (Wildman–Crippen LogP) is 2.12. The molecule has 0 spiro atoms. The summed E-state index contributed by atoms with van der Waals surface area (Å²) >= 11 is 0. The largest absolute Gasteiger partial charge is 0.377 e. The summed E-state index contributed by atoms with van der Waals surface area (Å²) in [6.45, 7) is 6.79. The number of nitrogens with one attached hydrogen (secondary N) is 2. The first-order chi connectivity index (χ1) is 12.2. The van der Waals surface area contributed by atoms with Crippen LogP contribution in [0.25, 0.3) is 0 Å². The molecule has 25 heavy (non-hydrogen) atoms. The third-order valence-corrected chi connectivity index (χ3v) is 4.84. The Labute approximate surface area is 151 Å². The monoisotopic (exact) mass is 350 g/mol. The second-order valence-corrected chi connectivity index (χ2v) is 6.81. The third kappa shape index (κ3) is 5.99. The lowest BCUT2D eigenvalue weighted by Crippen LogP contribution is -2.48. The minimum atomic E-state index is 0.325. The van der Waals surface area contributed by atoms with Crippen LogP contribution >= 0.6 is 0 Å². The van der Waals surface area contributed by atoms with E-state index in [1.807, 2.05) is 11.7 Å². The molecule has 0 amide bonds. The van der Waals surface area contributed by atoms with Crippen molar-refractivity contribution < 1.29 is 4.74 Å². The summed E-state index contributed by atoms with van der Waals surface area (Å²) in [4.78, 5) is 8.92. The van der Waals surface area contributed by atoms with Gasteiger partial charge < -0.3 is 15.4 Å². The van der Waals surface area contributed by atoms with E-state index in [1.54, 1.807) is 7.11 Å². The molecule has 1 aromatic heterocycles. The molecule has 0 saturated heterocycles. The summed E-state index contributed by atoms with van der Waals surface area (Å²) < 4.78 is 7.12. The molecule has 2 rings (SSSR count). The highest BCUT2D eigenvalue weighted by atomic mass is 16.5. The van der Waals surface area contributed by atoms with E-state index < -0.39 is 0 Å². The van der Waals surface area contributed by atoms with Gasteiger partial charge in [0.25, 0.3) is 0 Å². The van der Waals surface area contributed by atoms with Crippen molar-refractivity contribution in [2.24, 2.45) is 10.9 Å². The minimum Gasteiger partial charge on any atom is -0.377 e. The van der Waals surface area contributed by atoms with Gasteiger partial charge in [0, 0.05) is 33.2 Å². The second kappa shape index (κ2) is 10.4. The van der Waals surface area contributed by atoms with Crippen molar-refractivity contribution in [2.75, 3.05) is 20.7 Å². The number of fused-ring (bicyclic) bond motifs is 1. The molecular weight excluding hydrogens is 316 g/mol. The smallest absolute Gasteiger partial charge is 0.191 e. The van der Waals surface area contributed by atoms with Crippen LogP contribution in [0.5, 0.6) is 0 Å². The van der Waals surface area contributed by atoms with Crippen LogP contribution in [-0.4, -0.2) is 47.5 Å². The van der Waals surface area contributed by atoms with E-state index in [9.17, 15) is 0 Å². The van der Waals surface area contributed by atoms with E-state index in [-0.39, 0.29) is 0 Å². The van der Waals surface area contributed by atoms with Gasteiger partial charge in [-0.1, -0.05) is 33.1 Å². The number of aromatic nitrogens is 3. The van der Waals surface area contributed by atoms with Gasteiger partial charge in [-0.25, -0.2) is 9.67 Å². The molecule has 0 bridgehead atoms. The van der Waals surface area contributed by atoms with Gasteiger partial charge in [-0.15, -0.1) is 0 Å². The van der Waals surface area contributed by atoms with Crippen LogP contribution in [-0.2, 0) is 24.3 Å². The maximum atomic E-state index is 5.12. The van der Waals surface area contributed by atoms with Crippen LogP contribution in [0.3, 0.4) is 0 Å². The fourth-order valence-corrected chi connectivity index (χ4v) is 3.24. The SMILES string of the molecule is CCCCC(CC)CNC(=NC)NC1CCc2nc(COC)nn2C1. The molecule has 2 N–H and O–H groups in total. The molecule has 1 aliphatic rings. The van der Waals surface area contributed by atoms with Gasteiger partial charge in [-0.3, -0.25) is 4.99 Å². The Morgan fingerprint density at radius 1 is 1.44 bits per heavy atom. The van der Waals surface area contributed by atoms with Gasteiger partial charge in [-0.05, 0) is 18.8 Å². The van der Waals surface area contributed by atoms with Gasteiger partial charge in [-0.2, -0.15) is 5.10 Å². The van der Waals surface area contributed by atoms with Crippen molar-refractivity contribution in [3.05, 3.63) is 11.6 Å². The van der Waals surface area contributed by atoms with Crippen molar-refractivity contribution in [3.8, 4) is 0 Å². The van der Waals surface area contributed by atoms with Gasteiger partial charge in [0.1, 0.15) is 12.4 Å². The molecule has 2 atom stereocenters. The fourth-order valence-electron chi connectivity index (χ4n) is 3.24. The van der Waals surface area contributed by atoms with Crippen molar-refractivity contribution >= 4 is 5.96 Å². The molecule has 1 aliphatic heterocycles. The number of hydrogen-bond donors (Lipinski definition) is 2. The first-order valence-electron chi connectivity index (χ1n) is 9.58. The van der Waals surface area contributed by atoms with Crippen LogP contribution in [0.4, 0.5) is 0 Å². The zero-order chi connectivity index (χ0) is 18.1. The molecule has 7 nitrogen and oxygen atoms in total. The lowest BCUT2D eigenvalue weighted by atomic mass is 9.99. The average molecular weight is 351 g/mol. The van der Waals surface area contributed by atoms with Crippen LogP contribution in [0.15, 0.2) is 4.99 Å². The number of nitrogens with zero attached hydrogens (tertiary/aromatic N) is 4. The standard InChI is InChI=1S/C18H34N6O/c1-5-7-8-14(6-2)11-20-18(19-3)21-15-9-10-17-22-16(13-25-4)23-24(17)12-15/h14-15H,5-13H2,1-4H3,(H2,19,20,21). The van der Waals surface area contributed by atoms with Gasteiger partial charge in [0.2, 0.25) is 0 Å². The number of rotatable bonds is 9. The molecule has 0 radical (unpaired) electrons. The Bertz CT molecular complexity index is 542. The van der Waals surface area contributed by atoms with E-state index in [0.29, 0.717) is 18.6 Å². The first kappa shape index (κ1) is 19.7. The Hall–Kier alpha value is -1.63. The number of aliphatic imine (C=N–C) groups is 1. The Morgan fingerprint density at radius 3 is 2.96 bits per heavy atom. The molecule has 2 unspecified atom stereocenters. The van der Waals surface area contributed by atoms with Gasteiger partial charge in [0.15, 0.2) is 11.8 Å². The van der Waals surface area contributed by atoms with E-state index in [0.717, 1.165) is 43.5 Å². The molecule has 7 heteroatoms. The molecule has 0 aliphatic carbocycles. The highest BCUT2D eigenvalue weighted by Gasteiger charge is 2.22. The maximum Gasteiger partial charge on any atom is 0.191 e. The third-order valence-electron chi connectivity index (χ3n) is 4.84. The van der Waals surface area contributed by atoms with Gasteiger partial charge in [0.05, 0.1) is 6.54 Å². The number of hydrogen-bond acceptors (Lipinski definition) is 4. The molecule has 1 aromatic rings. The molecule has 2 heterocycles. The Morgan fingerprint density at radius 2 is 2.28 bits per heavy atom. The minimum absolute atomic E-state index is 0.325. The van der Waals surface area contributed by atoms with E-state index in [2.05, 4.69) is 39.6 Å². The maximum absolute atomic E-state index is 5.12. The zero-order valence-electron chi connectivity index (χ0n) is 16.2. The average Bonchev–Trinajstić information content (AvgIpc) is 3.02. The van der Waals surface area contributed by atoms with Crippen molar-refractivity contribution in [1.29, 1.82) is 0 Å². The molecule has 0 fully saturated rings. The molecular formula is C18H34N6O. The van der Waals surface area contributed by atoms with Crippen molar-refractivity contribution in [3.63, 3.8) is 0 Å². The molecule has 142 valence electrons. The van der Waals surface area contributed by atoms with Crippen LogP contribution in [0.1, 0.15) is 57.6 Å². The number of unbranched alkanes of at least 4 members (excludes halogenated alkanes) is 1. The summed E-state index contributed by atoms with van der Waals surface area (Å²) in [6.07, 6.45) is 7.02. The number of ether oxygens (including phenoxy) is 1. The van der Waals surface area contributed by atoms with Crippen LogP contribution in [0.2, 0.25) is 0 Å². The number of methoxy groups -OCH3 is 1. The Kier molecular flexibility index (Phi) is 8.18. The van der Waals surface area contributed by atoms with Crippen molar-refractivity contribution in [2.45, 2.75) is 71.6 Å². The predicted molar refractivity (Wildman–Crippen MR) is 101 cm³/mol. The normalized spacial score (nSPS) is 18.7. The second-order valence-electron chi connectivity index (χ2n) is 6.81. The molecule has 0 saturated carbocycles. The Balaban J connectivity index is 1.83. The quantitative estimate of drug-likeness (QED) is 0.527. The zero-order valence-corrected chi connectivity index (χ0v) is 16.2.